The quantitative estimate of drug-likeness (QED) is 0.383. The summed E-state index contributed by atoms with van der Waals surface area (Å²) in [6.07, 6.45) is 9.58. The average molecular weight is 371 g/mol. The summed E-state index contributed by atoms with van der Waals surface area (Å²) in [4.78, 5) is 0. The Morgan fingerprint density at radius 2 is 1.48 bits per heavy atom. The van der Waals surface area contributed by atoms with Gasteiger partial charge in [-0.3, -0.25) is 4.55 Å². The molecule has 0 aliphatic carbocycles. The molecule has 0 fully saturated rings. The molecule has 1 unspecified atom stereocenters. The van der Waals surface area contributed by atoms with Gasteiger partial charge in [0.2, 0.25) is 0 Å². The Labute approximate surface area is 153 Å². The molecule has 1 aromatic carbocycles. The van der Waals surface area contributed by atoms with Crippen LogP contribution in [0.4, 0.5) is 0 Å². The maximum Gasteiger partial charge on any atom is 0.267 e. The maximum atomic E-state index is 11.1. The van der Waals surface area contributed by atoms with Gasteiger partial charge in [0.1, 0.15) is 5.75 Å². The summed E-state index contributed by atoms with van der Waals surface area (Å²) in [6.45, 7) is 6.18. The molecule has 0 bridgehead atoms. The molecule has 0 radical (unpaired) electrons. The lowest BCUT2D eigenvalue weighted by atomic mass is 10.0. The van der Waals surface area contributed by atoms with E-state index in [1.807, 2.05) is 0 Å². The van der Waals surface area contributed by atoms with Crippen LogP contribution in [0.15, 0.2) is 18.2 Å². The molecule has 4 nitrogen and oxygen atoms in total. The minimum atomic E-state index is -3.98. The molecule has 0 aliphatic rings. The summed E-state index contributed by atoms with van der Waals surface area (Å²) in [5.41, 5.74) is 2.58. The van der Waals surface area contributed by atoms with Crippen molar-refractivity contribution in [2.24, 2.45) is 0 Å². The Hall–Kier alpha value is -1.07. The second kappa shape index (κ2) is 11.5. The largest absolute Gasteiger partial charge is 0.494 e. The molecule has 1 aromatic rings. The van der Waals surface area contributed by atoms with Gasteiger partial charge in [-0.2, -0.15) is 8.42 Å². The van der Waals surface area contributed by atoms with Crippen LogP contribution < -0.4 is 4.74 Å². The highest BCUT2D eigenvalue weighted by molar-refractivity contribution is 7.86. The van der Waals surface area contributed by atoms with Gasteiger partial charge >= 0.3 is 0 Å². The fourth-order valence-electron chi connectivity index (χ4n) is 2.75. The molecule has 25 heavy (non-hydrogen) atoms. The number of aryl methyl sites for hydroxylation is 2. The highest BCUT2D eigenvalue weighted by Crippen LogP contribution is 2.21. The molecule has 0 heterocycles. The molecule has 144 valence electrons. The molecule has 1 rings (SSSR count). The number of rotatable bonds is 13. The fraction of sp³-hybridized carbons (Fsp3) is 0.700. The zero-order valence-electron chi connectivity index (χ0n) is 16.0. The highest BCUT2D eigenvalue weighted by atomic mass is 32.2. The summed E-state index contributed by atoms with van der Waals surface area (Å²) >= 11 is 0. The fourth-order valence-corrected chi connectivity index (χ4v) is 3.14. The van der Waals surface area contributed by atoms with Crippen molar-refractivity contribution in [3.05, 3.63) is 29.3 Å². The van der Waals surface area contributed by atoms with Crippen molar-refractivity contribution in [1.29, 1.82) is 0 Å². The normalized spacial score (nSPS) is 13.0. The van der Waals surface area contributed by atoms with Crippen molar-refractivity contribution >= 4 is 10.1 Å². The molecule has 1 atom stereocenters. The van der Waals surface area contributed by atoms with E-state index in [9.17, 15) is 8.42 Å². The highest BCUT2D eigenvalue weighted by Gasteiger charge is 2.17. The Morgan fingerprint density at radius 1 is 0.960 bits per heavy atom. The van der Waals surface area contributed by atoms with Gasteiger partial charge in [-0.05, 0) is 55.9 Å². The van der Waals surface area contributed by atoms with Gasteiger partial charge in [-0.15, -0.1) is 0 Å². The molecular formula is C20H34O4S. The molecule has 1 N–H and O–H groups in total. The summed E-state index contributed by atoms with van der Waals surface area (Å²) in [6, 6.07) is 6.41. The van der Waals surface area contributed by atoms with Crippen LogP contribution >= 0.6 is 0 Å². The molecule has 0 amide bonds. The second-order valence-corrected chi connectivity index (χ2v) is 8.70. The summed E-state index contributed by atoms with van der Waals surface area (Å²) < 4.78 is 37.0. The van der Waals surface area contributed by atoms with E-state index >= 15 is 0 Å². The van der Waals surface area contributed by atoms with Gasteiger partial charge in [0, 0.05) is 6.42 Å². The lowest BCUT2D eigenvalue weighted by Crippen LogP contribution is -2.19. The topological polar surface area (TPSA) is 63.6 Å². The van der Waals surface area contributed by atoms with E-state index in [0.717, 1.165) is 18.6 Å². The van der Waals surface area contributed by atoms with Crippen LogP contribution in [0.3, 0.4) is 0 Å². The molecule has 0 aliphatic heterocycles. The lowest BCUT2D eigenvalue weighted by Gasteiger charge is -2.13. The van der Waals surface area contributed by atoms with E-state index in [1.165, 1.54) is 56.6 Å². The van der Waals surface area contributed by atoms with Crippen LogP contribution in [0.5, 0.6) is 5.75 Å². The van der Waals surface area contributed by atoms with Crippen molar-refractivity contribution < 1.29 is 17.7 Å². The number of hydrogen-bond acceptors (Lipinski definition) is 3. The first-order chi connectivity index (χ1) is 11.9. The summed E-state index contributed by atoms with van der Waals surface area (Å²) in [7, 11) is -3.98. The predicted molar refractivity (Wildman–Crippen MR) is 104 cm³/mol. The van der Waals surface area contributed by atoms with E-state index in [2.05, 4.69) is 32.0 Å². The number of ether oxygens (including phenoxy) is 1. The smallest absolute Gasteiger partial charge is 0.267 e. The molecule has 0 saturated carbocycles. The maximum absolute atomic E-state index is 11.1. The average Bonchev–Trinajstić information content (AvgIpc) is 2.54. The van der Waals surface area contributed by atoms with E-state index in [-0.39, 0.29) is 13.0 Å². The lowest BCUT2D eigenvalue weighted by molar-refractivity contribution is 0.306. The van der Waals surface area contributed by atoms with Gasteiger partial charge in [-0.1, -0.05) is 45.6 Å². The number of benzene rings is 1. The van der Waals surface area contributed by atoms with Crippen molar-refractivity contribution in [3.63, 3.8) is 0 Å². The number of unbranched alkanes of at least 4 members (excludes halogenated alkanes) is 4. The van der Waals surface area contributed by atoms with E-state index < -0.39 is 15.4 Å². The predicted octanol–water partition coefficient (Wildman–Crippen LogP) is 5.20. The molecule has 5 heteroatoms. The Morgan fingerprint density at radius 3 is 1.92 bits per heavy atom. The van der Waals surface area contributed by atoms with Gasteiger partial charge in [0.05, 0.1) is 11.9 Å². The SMILES string of the molecule is CCCCCc1cc(CCCCC)cc(OCCC(C)S(=O)(=O)O)c1. The van der Waals surface area contributed by atoms with Crippen molar-refractivity contribution in [1.82, 2.24) is 0 Å². The van der Waals surface area contributed by atoms with Crippen LogP contribution in [0, 0.1) is 0 Å². The van der Waals surface area contributed by atoms with Crippen molar-refractivity contribution in [2.75, 3.05) is 6.61 Å². The third-order valence-corrected chi connectivity index (χ3v) is 5.72. The standard InChI is InChI=1S/C20H34O4S/c1-4-6-8-10-18-14-19(11-9-7-5-2)16-20(15-18)24-13-12-17(3)25(21,22)23/h14-17H,4-13H2,1-3H3,(H,21,22,23). The van der Waals surface area contributed by atoms with Crippen LogP contribution in [0.1, 0.15) is 76.8 Å². The minimum Gasteiger partial charge on any atom is -0.494 e. The van der Waals surface area contributed by atoms with Crippen LogP contribution in [0.2, 0.25) is 0 Å². The molecule has 0 spiro atoms. The first kappa shape index (κ1) is 22.0. The Balaban J connectivity index is 2.70. The second-order valence-electron chi connectivity index (χ2n) is 6.86. The molecule has 0 aromatic heterocycles. The molecular weight excluding hydrogens is 336 g/mol. The van der Waals surface area contributed by atoms with E-state index in [4.69, 9.17) is 9.29 Å². The van der Waals surface area contributed by atoms with Crippen LogP contribution in [-0.2, 0) is 23.0 Å². The third kappa shape index (κ3) is 9.26. The van der Waals surface area contributed by atoms with E-state index in [1.54, 1.807) is 0 Å². The van der Waals surface area contributed by atoms with E-state index in [0.29, 0.717) is 0 Å². The monoisotopic (exact) mass is 370 g/mol. The first-order valence-corrected chi connectivity index (χ1v) is 11.1. The summed E-state index contributed by atoms with van der Waals surface area (Å²) in [5, 5.41) is -0.802. The zero-order chi connectivity index (χ0) is 18.7. The van der Waals surface area contributed by atoms with Crippen molar-refractivity contribution in [3.8, 4) is 5.75 Å². The Kier molecular flexibility index (Phi) is 10.1. The summed E-state index contributed by atoms with van der Waals surface area (Å²) in [5.74, 6) is 0.808. The zero-order valence-corrected chi connectivity index (χ0v) is 16.8. The van der Waals surface area contributed by atoms with Gasteiger partial charge < -0.3 is 4.74 Å². The molecule has 0 saturated heterocycles. The van der Waals surface area contributed by atoms with Crippen LogP contribution in [0.25, 0.3) is 0 Å². The Bertz CT molecular complexity index is 567. The van der Waals surface area contributed by atoms with Crippen LogP contribution in [-0.4, -0.2) is 24.8 Å². The van der Waals surface area contributed by atoms with Gasteiger partial charge in [-0.25, -0.2) is 0 Å². The van der Waals surface area contributed by atoms with Gasteiger partial charge in [0.15, 0.2) is 0 Å². The third-order valence-electron chi connectivity index (χ3n) is 4.47. The van der Waals surface area contributed by atoms with Gasteiger partial charge in [0.25, 0.3) is 10.1 Å². The minimum absolute atomic E-state index is 0.282. The first-order valence-electron chi connectivity index (χ1n) is 9.58. The van der Waals surface area contributed by atoms with Crippen molar-refractivity contribution in [2.45, 2.75) is 83.8 Å². The number of hydrogen-bond donors (Lipinski definition) is 1.